The van der Waals surface area contributed by atoms with E-state index in [1.165, 1.54) is 64.0 Å². The number of benzene rings is 9. The summed E-state index contributed by atoms with van der Waals surface area (Å²) >= 11 is 1.87. The maximum absolute atomic E-state index is 5.22. The molecule has 3 nitrogen and oxygen atoms in total. The van der Waals surface area contributed by atoms with Gasteiger partial charge in [-0.25, -0.2) is 4.99 Å². The van der Waals surface area contributed by atoms with E-state index in [0.717, 1.165) is 34.1 Å². The van der Waals surface area contributed by atoms with Crippen LogP contribution in [0.1, 0.15) is 22.7 Å². The highest BCUT2D eigenvalue weighted by Crippen LogP contribution is 2.44. The molecule has 10 aromatic rings. The average Bonchev–Trinajstić information content (AvgIpc) is 3.63. The van der Waals surface area contributed by atoms with Crippen LogP contribution in [0.15, 0.2) is 205 Å². The monoisotopic (exact) mass is 733 g/mol. The minimum absolute atomic E-state index is 0.0661. The first-order chi connectivity index (χ1) is 27.7. The number of nitrogens with one attached hydrogen (secondary N) is 1. The van der Waals surface area contributed by atoms with Crippen molar-refractivity contribution in [2.24, 2.45) is 4.99 Å². The molecular weight excluding hydrogens is 699 g/mol. The number of para-hydroxylation sites is 1. The Balaban J connectivity index is 0.989. The first-order valence-electron chi connectivity index (χ1n) is 19.1. The number of rotatable bonds is 6. The van der Waals surface area contributed by atoms with Crippen LogP contribution >= 0.6 is 11.3 Å². The van der Waals surface area contributed by atoms with E-state index in [4.69, 9.17) is 4.99 Å². The number of anilines is 3. The number of thiophene rings is 1. The minimum atomic E-state index is -0.0661. The van der Waals surface area contributed by atoms with Crippen molar-refractivity contribution in [2.75, 3.05) is 4.90 Å². The summed E-state index contributed by atoms with van der Waals surface area (Å²) in [5.74, 6) is 0.867. The fraction of sp³-hybridized carbons (Fsp3) is 0.0192. The highest BCUT2D eigenvalue weighted by atomic mass is 32.1. The van der Waals surface area contributed by atoms with Crippen molar-refractivity contribution >= 4 is 81.6 Å². The van der Waals surface area contributed by atoms with Gasteiger partial charge in [-0.05, 0) is 111 Å². The van der Waals surface area contributed by atoms with Gasteiger partial charge in [-0.15, -0.1) is 11.3 Å². The third kappa shape index (κ3) is 5.62. The quantitative estimate of drug-likeness (QED) is 0.184. The second-order valence-electron chi connectivity index (χ2n) is 14.4. The lowest BCUT2D eigenvalue weighted by molar-refractivity contribution is 0.756. The zero-order valence-electron chi connectivity index (χ0n) is 30.4. The molecule has 1 N–H and O–H groups in total. The van der Waals surface area contributed by atoms with E-state index in [1.807, 2.05) is 11.3 Å². The van der Waals surface area contributed by atoms with Gasteiger partial charge in [0.2, 0.25) is 0 Å². The molecule has 1 aromatic heterocycles. The third-order valence-electron chi connectivity index (χ3n) is 11.1. The third-order valence-corrected chi connectivity index (χ3v) is 12.2. The molecule has 0 spiro atoms. The molecule has 0 radical (unpaired) electrons. The molecule has 0 fully saturated rings. The van der Waals surface area contributed by atoms with Crippen LogP contribution in [0.5, 0.6) is 0 Å². The number of nitrogens with zero attached hydrogens (tertiary/aromatic N) is 2. The standard InChI is InChI=1S/C52H35N3S/c1-2-11-34(12-3-1)36-21-26-41(27-22-36)55(43-30-23-35-13-4-5-14-38(35)31-43)42-28-24-37(25-29-42)52-53-47-19-9-8-17-44(47)51(54-52)45-18-10-20-48-50(45)46-32-39-15-6-7-16-40(39)33-49(46)56-48/h1-33,51H,(H,53,54). The van der Waals surface area contributed by atoms with Crippen molar-refractivity contribution in [1.82, 2.24) is 5.32 Å². The Morgan fingerprint density at radius 3 is 1.79 bits per heavy atom. The van der Waals surface area contributed by atoms with E-state index in [2.05, 4.69) is 210 Å². The molecule has 56 heavy (non-hydrogen) atoms. The SMILES string of the molecule is c1ccc(-c2ccc(N(c3ccc(C4=Nc5ccccc5C(c5cccc6sc7cc8ccccc8cc7c56)N4)cc3)c3ccc4ccccc4c3)cc2)cc1. The summed E-state index contributed by atoms with van der Waals surface area (Å²) in [6.07, 6.45) is 0. The first-order valence-corrected chi connectivity index (χ1v) is 19.9. The molecule has 0 aliphatic carbocycles. The van der Waals surface area contributed by atoms with Crippen molar-refractivity contribution < 1.29 is 0 Å². The molecule has 1 aliphatic heterocycles. The zero-order valence-corrected chi connectivity index (χ0v) is 31.2. The Morgan fingerprint density at radius 1 is 0.429 bits per heavy atom. The molecule has 4 heteroatoms. The van der Waals surface area contributed by atoms with Gasteiger partial charge in [0.1, 0.15) is 5.84 Å². The summed E-state index contributed by atoms with van der Waals surface area (Å²) in [5, 5.41) is 11.5. The van der Waals surface area contributed by atoms with Crippen molar-refractivity contribution in [2.45, 2.75) is 6.04 Å². The fourth-order valence-electron chi connectivity index (χ4n) is 8.34. The Morgan fingerprint density at radius 2 is 1.02 bits per heavy atom. The molecule has 0 saturated heterocycles. The van der Waals surface area contributed by atoms with Gasteiger partial charge >= 0.3 is 0 Å². The molecule has 0 saturated carbocycles. The molecular formula is C52H35N3S. The Labute approximate surface area is 329 Å². The molecule has 1 atom stereocenters. The Kier molecular flexibility index (Phi) is 7.75. The van der Waals surface area contributed by atoms with Gasteiger partial charge in [0, 0.05) is 48.4 Å². The predicted octanol–water partition coefficient (Wildman–Crippen LogP) is 14.3. The second-order valence-corrected chi connectivity index (χ2v) is 15.5. The van der Waals surface area contributed by atoms with Crippen LogP contribution in [0.4, 0.5) is 22.7 Å². The van der Waals surface area contributed by atoms with Gasteiger partial charge in [-0.3, -0.25) is 0 Å². The first kappa shape index (κ1) is 32.4. The van der Waals surface area contributed by atoms with Crippen LogP contribution in [0.25, 0.3) is 52.8 Å². The van der Waals surface area contributed by atoms with E-state index < -0.39 is 0 Å². The summed E-state index contributed by atoms with van der Waals surface area (Å²) in [6, 6.07) is 72.1. The van der Waals surface area contributed by atoms with Crippen molar-refractivity contribution in [3.05, 3.63) is 217 Å². The predicted molar refractivity (Wildman–Crippen MR) is 239 cm³/mol. The number of hydrogen-bond donors (Lipinski definition) is 1. The normalized spacial score (nSPS) is 13.8. The summed E-state index contributed by atoms with van der Waals surface area (Å²) in [5.41, 5.74) is 10.2. The smallest absolute Gasteiger partial charge is 0.134 e. The number of amidine groups is 1. The van der Waals surface area contributed by atoms with Gasteiger partial charge in [-0.1, -0.05) is 127 Å². The van der Waals surface area contributed by atoms with Crippen LogP contribution in [0, 0.1) is 0 Å². The second kappa shape index (κ2) is 13.4. The van der Waals surface area contributed by atoms with Crippen molar-refractivity contribution in [1.29, 1.82) is 0 Å². The molecule has 2 heterocycles. The molecule has 264 valence electrons. The summed E-state index contributed by atoms with van der Waals surface area (Å²) < 4.78 is 2.61. The van der Waals surface area contributed by atoms with E-state index in [9.17, 15) is 0 Å². The van der Waals surface area contributed by atoms with Crippen molar-refractivity contribution in [3.63, 3.8) is 0 Å². The van der Waals surface area contributed by atoms with Crippen LogP contribution in [0.3, 0.4) is 0 Å². The van der Waals surface area contributed by atoms with Crippen LogP contribution in [-0.4, -0.2) is 5.84 Å². The Hall–Kier alpha value is -7.01. The van der Waals surface area contributed by atoms with Gasteiger partial charge in [0.25, 0.3) is 0 Å². The topological polar surface area (TPSA) is 27.6 Å². The summed E-state index contributed by atoms with van der Waals surface area (Å²) in [7, 11) is 0. The van der Waals surface area contributed by atoms with E-state index in [0.29, 0.717) is 0 Å². The lowest BCUT2D eigenvalue weighted by Gasteiger charge is -2.29. The number of fused-ring (bicyclic) bond motifs is 6. The Bertz CT molecular complexity index is 3110. The van der Waals surface area contributed by atoms with E-state index in [1.54, 1.807) is 0 Å². The maximum atomic E-state index is 5.22. The highest BCUT2D eigenvalue weighted by Gasteiger charge is 2.27. The van der Waals surface area contributed by atoms with E-state index in [-0.39, 0.29) is 6.04 Å². The lowest BCUT2D eigenvalue weighted by atomic mass is 9.91. The van der Waals surface area contributed by atoms with Crippen molar-refractivity contribution in [3.8, 4) is 11.1 Å². The number of hydrogen-bond acceptors (Lipinski definition) is 4. The number of aliphatic imine (C=N–C) groups is 1. The molecule has 9 aromatic carbocycles. The summed E-state index contributed by atoms with van der Waals surface area (Å²) in [4.78, 5) is 7.56. The van der Waals surface area contributed by atoms with Crippen LogP contribution in [0.2, 0.25) is 0 Å². The van der Waals surface area contributed by atoms with Gasteiger partial charge in [-0.2, -0.15) is 0 Å². The molecule has 0 amide bonds. The largest absolute Gasteiger partial charge is 0.359 e. The minimum Gasteiger partial charge on any atom is -0.359 e. The molecule has 1 aliphatic rings. The molecule has 1 unspecified atom stereocenters. The lowest BCUT2D eigenvalue weighted by Crippen LogP contribution is -2.32. The highest BCUT2D eigenvalue weighted by molar-refractivity contribution is 7.26. The summed E-state index contributed by atoms with van der Waals surface area (Å²) in [6.45, 7) is 0. The van der Waals surface area contributed by atoms with Gasteiger partial charge in [0.05, 0.1) is 11.7 Å². The van der Waals surface area contributed by atoms with Gasteiger partial charge < -0.3 is 10.2 Å². The molecule has 0 bridgehead atoms. The maximum Gasteiger partial charge on any atom is 0.134 e. The average molecular weight is 734 g/mol. The fourth-order valence-corrected chi connectivity index (χ4v) is 9.51. The van der Waals surface area contributed by atoms with Crippen LogP contribution < -0.4 is 10.2 Å². The zero-order chi connectivity index (χ0) is 37.0. The molecule has 11 rings (SSSR count). The van der Waals surface area contributed by atoms with Crippen LogP contribution in [-0.2, 0) is 0 Å². The van der Waals surface area contributed by atoms with E-state index >= 15 is 0 Å². The van der Waals surface area contributed by atoms with Gasteiger partial charge in [0.15, 0.2) is 0 Å².